The molecule has 25 heavy (non-hydrogen) atoms. The number of benzene rings is 2. The number of amides is 1. The van der Waals surface area contributed by atoms with E-state index in [4.69, 9.17) is 4.74 Å². The third-order valence-electron chi connectivity index (χ3n) is 4.13. The van der Waals surface area contributed by atoms with Crippen molar-refractivity contribution < 1.29 is 13.9 Å². The molecule has 1 heterocycles. The van der Waals surface area contributed by atoms with E-state index < -0.39 is 0 Å². The highest BCUT2D eigenvalue weighted by molar-refractivity contribution is 5.89. The summed E-state index contributed by atoms with van der Waals surface area (Å²) in [4.78, 5) is 15.4. The fraction of sp³-hybridized carbons (Fsp3) is 0.250. The van der Waals surface area contributed by atoms with Gasteiger partial charge in [-0.3, -0.25) is 4.79 Å². The van der Waals surface area contributed by atoms with Crippen molar-refractivity contribution in [2.45, 2.75) is 26.3 Å². The van der Waals surface area contributed by atoms with Gasteiger partial charge in [-0.05, 0) is 55.3 Å². The number of carbonyl (C=O) groups excluding carboxylic acids is 1. The van der Waals surface area contributed by atoms with Crippen LogP contribution in [0.2, 0.25) is 0 Å². The van der Waals surface area contributed by atoms with Gasteiger partial charge in [0.2, 0.25) is 5.91 Å². The molecule has 3 aromatic rings. The summed E-state index contributed by atoms with van der Waals surface area (Å²) >= 11 is 0. The fourth-order valence-corrected chi connectivity index (χ4v) is 2.89. The lowest BCUT2D eigenvalue weighted by molar-refractivity contribution is -0.121. The molecule has 1 unspecified atom stereocenters. The average Bonchev–Trinajstić information content (AvgIpc) is 2.97. The third kappa shape index (κ3) is 3.99. The Labute approximate surface area is 146 Å². The monoisotopic (exact) mass is 340 g/mol. The summed E-state index contributed by atoms with van der Waals surface area (Å²) in [5, 5.41) is 3.72. The molecule has 0 aliphatic heterocycles. The summed E-state index contributed by atoms with van der Waals surface area (Å²) in [6.07, 6.45) is 1.95. The molecule has 1 atom stereocenters. The first-order valence-corrected chi connectivity index (χ1v) is 8.34. The zero-order valence-electron chi connectivity index (χ0n) is 14.3. The number of hydrogen-bond acceptors (Lipinski definition) is 2. The van der Waals surface area contributed by atoms with E-state index in [0.29, 0.717) is 6.61 Å². The second-order valence-electron chi connectivity index (χ2n) is 5.98. The van der Waals surface area contributed by atoms with Crippen LogP contribution in [-0.2, 0) is 11.2 Å². The number of H-pyrrole nitrogens is 1. The second kappa shape index (κ2) is 7.38. The van der Waals surface area contributed by atoms with E-state index in [1.807, 2.05) is 38.1 Å². The lowest BCUT2D eigenvalue weighted by Crippen LogP contribution is -2.28. The number of ether oxygens (including phenoxy) is 1. The quantitative estimate of drug-likeness (QED) is 0.709. The first-order valence-electron chi connectivity index (χ1n) is 8.34. The Morgan fingerprint density at radius 1 is 1.28 bits per heavy atom. The van der Waals surface area contributed by atoms with Crippen LogP contribution in [0.15, 0.2) is 48.7 Å². The van der Waals surface area contributed by atoms with Crippen molar-refractivity contribution >= 4 is 16.8 Å². The molecule has 0 spiro atoms. The fourth-order valence-electron chi connectivity index (χ4n) is 2.89. The molecule has 2 N–H and O–H groups in total. The molecule has 0 radical (unpaired) electrons. The highest BCUT2D eigenvalue weighted by atomic mass is 19.1. The maximum absolute atomic E-state index is 13.4. The molecule has 3 rings (SSSR count). The lowest BCUT2D eigenvalue weighted by Gasteiger charge is -2.15. The van der Waals surface area contributed by atoms with E-state index >= 15 is 0 Å². The third-order valence-corrected chi connectivity index (χ3v) is 4.13. The summed E-state index contributed by atoms with van der Waals surface area (Å²) in [5.41, 5.74) is 2.58. The number of fused-ring (bicyclic) bond motifs is 1. The van der Waals surface area contributed by atoms with Gasteiger partial charge in [0.15, 0.2) is 0 Å². The van der Waals surface area contributed by atoms with E-state index in [1.165, 1.54) is 12.1 Å². The summed E-state index contributed by atoms with van der Waals surface area (Å²) in [6.45, 7) is 4.46. The van der Waals surface area contributed by atoms with Gasteiger partial charge >= 0.3 is 0 Å². The zero-order chi connectivity index (χ0) is 17.8. The predicted molar refractivity (Wildman–Crippen MR) is 96.1 cm³/mol. The lowest BCUT2D eigenvalue weighted by atomic mass is 10.1. The number of hydrogen-bond donors (Lipinski definition) is 2. The number of nitrogens with one attached hydrogen (secondary N) is 2. The number of aromatic amines is 1. The van der Waals surface area contributed by atoms with Gasteiger partial charge in [-0.15, -0.1) is 0 Å². The Morgan fingerprint density at radius 3 is 2.92 bits per heavy atom. The molecule has 1 amide bonds. The maximum atomic E-state index is 13.4. The van der Waals surface area contributed by atoms with Crippen molar-refractivity contribution in [3.63, 3.8) is 0 Å². The number of carbonyl (C=O) groups is 1. The number of halogens is 1. The molecule has 130 valence electrons. The molecule has 1 aromatic heterocycles. The minimum Gasteiger partial charge on any atom is -0.494 e. The molecule has 0 saturated heterocycles. The minimum atomic E-state index is -0.310. The van der Waals surface area contributed by atoms with Crippen LogP contribution >= 0.6 is 0 Å². The van der Waals surface area contributed by atoms with E-state index in [2.05, 4.69) is 10.3 Å². The summed E-state index contributed by atoms with van der Waals surface area (Å²) in [5.74, 6) is 0.363. The molecule has 0 fully saturated rings. The molecule has 0 aliphatic carbocycles. The van der Waals surface area contributed by atoms with Crippen LogP contribution in [0.1, 0.15) is 31.0 Å². The van der Waals surface area contributed by atoms with Gasteiger partial charge in [-0.2, -0.15) is 0 Å². The Bertz CT molecular complexity index is 888. The van der Waals surface area contributed by atoms with Crippen LogP contribution in [0.25, 0.3) is 10.9 Å². The van der Waals surface area contributed by atoms with Gasteiger partial charge in [0.05, 0.1) is 19.1 Å². The van der Waals surface area contributed by atoms with Crippen LogP contribution in [-0.4, -0.2) is 17.5 Å². The normalized spacial score (nSPS) is 12.1. The molecule has 2 aromatic carbocycles. The Balaban J connectivity index is 1.69. The minimum absolute atomic E-state index is 0.112. The van der Waals surface area contributed by atoms with Gasteiger partial charge < -0.3 is 15.0 Å². The highest BCUT2D eigenvalue weighted by Gasteiger charge is 2.13. The second-order valence-corrected chi connectivity index (χ2v) is 5.98. The van der Waals surface area contributed by atoms with Crippen molar-refractivity contribution in [2.75, 3.05) is 6.61 Å². The SMILES string of the molecule is CCOc1cccc(C(C)NC(=O)Cc2c[nH]c3ccc(F)cc23)c1. The zero-order valence-corrected chi connectivity index (χ0v) is 14.3. The molecule has 0 saturated carbocycles. The first-order chi connectivity index (χ1) is 12.1. The standard InChI is InChI=1S/C20H21FN2O2/c1-3-25-17-6-4-5-14(9-17)13(2)23-20(24)10-15-12-22-19-8-7-16(21)11-18(15)19/h4-9,11-13,22H,3,10H2,1-2H3,(H,23,24). The van der Waals surface area contributed by atoms with Crippen LogP contribution in [0.4, 0.5) is 4.39 Å². The van der Waals surface area contributed by atoms with Gasteiger partial charge in [-0.1, -0.05) is 12.1 Å². The van der Waals surface area contributed by atoms with E-state index in [0.717, 1.165) is 27.8 Å². The molecule has 4 nitrogen and oxygen atoms in total. The Morgan fingerprint density at radius 2 is 2.12 bits per heavy atom. The van der Waals surface area contributed by atoms with Crippen molar-refractivity contribution in [2.24, 2.45) is 0 Å². The topological polar surface area (TPSA) is 54.1 Å². The van der Waals surface area contributed by atoms with Crippen LogP contribution in [0.3, 0.4) is 0 Å². The van der Waals surface area contributed by atoms with Crippen LogP contribution < -0.4 is 10.1 Å². The van der Waals surface area contributed by atoms with Crippen molar-refractivity contribution in [1.29, 1.82) is 0 Å². The van der Waals surface area contributed by atoms with E-state index in [1.54, 1.807) is 12.3 Å². The van der Waals surface area contributed by atoms with E-state index in [-0.39, 0.29) is 24.2 Å². The predicted octanol–water partition coefficient (Wildman–Crippen LogP) is 4.13. The Hall–Kier alpha value is -2.82. The van der Waals surface area contributed by atoms with Gasteiger partial charge in [-0.25, -0.2) is 4.39 Å². The summed E-state index contributed by atoms with van der Waals surface area (Å²) in [6, 6.07) is 12.1. The molecular formula is C20H21FN2O2. The van der Waals surface area contributed by atoms with Crippen molar-refractivity contribution in [3.8, 4) is 5.75 Å². The molecule has 0 bridgehead atoms. The van der Waals surface area contributed by atoms with Crippen molar-refractivity contribution in [3.05, 3.63) is 65.6 Å². The Kier molecular flexibility index (Phi) is 5.03. The van der Waals surface area contributed by atoms with Gasteiger partial charge in [0, 0.05) is 17.1 Å². The summed E-state index contributed by atoms with van der Waals surface area (Å²) < 4.78 is 18.9. The average molecular weight is 340 g/mol. The largest absolute Gasteiger partial charge is 0.494 e. The smallest absolute Gasteiger partial charge is 0.224 e. The van der Waals surface area contributed by atoms with Crippen LogP contribution in [0.5, 0.6) is 5.75 Å². The maximum Gasteiger partial charge on any atom is 0.224 e. The molecule has 5 heteroatoms. The number of rotatable bonds is 6. The van der Waals surface area contributed by atoms with E-state index in [9.17, 15) is 9.18 Å². The van der Waals surface area contributed by atoms with Gasteiger partial charge in [0.25, 0.3) is 0 Å². The number of aromatic nitrogens is 1. The molecule has 0 aliphatic rings. The molecular weight excluding hydrogens is 319 g/mol. The highest BCUT2D eigenvalue weighted by Crippen LogP contribution is 2.21. The first kappa shape index (κ1) is 17.0. The summed E-state index contributed by atoms with van der Waals surface area (Å²) in [7, 11) is 0. The van der Waals surface area contributed by atoms with Gasteiger partial charge in [0.1, 0.15) is 11.6 Å². The van der Waals surface area contributed by atoms with Crippen LogP contribution in [0, 0.1) is 5.82 Å². The van der Waals surface area contributed by atoms with Crippen molar-refractivity contribution in [1.82, 2.24) is 10.3 Å².